The zero-order valence-corrected chi connectivity index (χ0v) is 17.8. The minimum Gasteiger partial charge on any atom is -0.352 e. The molecule has 3 rings (SSSR count). The van der Waals surface area contributed by atoms with Gasteiger partial charge in [0.05, 0.1) is 0 Å². The van der Waals surface area contributed by atoms with Crippen molar-refractivity contribution in [3.8, 4) is 0 Å². The van der Waals surface area contributed by atoms with E-state index in [4.69, 9.17) is 0 Å². The number of urea groups is 1. The number of likely N-dealkylation sites (tertiary alicyclic amines) is 1. The van der Waals surface area contributed by atoms with Crippen LogP contribution in [-0.2, 0) is 24.4 Å². The van der Waals surface area contributed by atoms with Crippen molar-refractivity contribution in [3.63, 3.8) is 0 Å². The molecule has 0 unspecified atom stereocenters. The number of carbonyl (C=O) groups is 2. The average molecular weight is 409 g/mol. The lowest BCUT2D eigenvalue weighted by Gasteiger charge is -2.18. The van der Waals surface area contributed by atoms with E-state index in [1.54, 1.807) is 11.9 Å². The Hall–Kier alpha value is -2.86. The van der Waals surface area contributed by atoms with Crippen LogP contribution in [-0.4, -0.2) is 48.4 Å². The molecule has 6 heteroatoms. The molecule has 1 aliphatic rings. The molecule has 160 valence electrons. The second-order valence-corrected chi connectivity index (χ2v) is 7.85. The number of rotatable bonds is 9. The maximum atomic E-state index is 12.2. The molecule has 0 saturated carbocycles. The molecule has 2 N–H and O–H groups in total. The summed E-state index contributed by atoms with van der Waals surface area (Å²) in [6.45, 7) is 4.62. The predicted molar refractivity (Wildman–Crippen MR) is 119 cm³/mol. The summed E-state index contributed by atoms with van der Waals surface area (Å²) in [7, 11) is 1.75. The van der Waals surface area contributed by atoms with Gasteiger partial charge in [-0.15, -0.1) is 0 Å². The monoisotopic (exact) mass is 408 g/mol. The van der Waals surface area contributed by atoms with E-state index in [1.807, 2.05) is 36.4 Å². The number of nitrogens with zero attached hydrogens (tertiary/aromatic N) is 2. The van der Waals surface area contributed by atoms with Gasteiger partial charge in [-0.25, -0.2) is 4.79 Å². The summed E-state index contributed by atoms with van der Waals surface area (Å²) >= 11 is 0. The summed E-state index contributed by atoms with van der Waals surface area (Å²) < 4.78 is 0. The maximum absolute atomic E-state index is 12.2. The molecule has 2 aromatic rings. The van der Waals surface area contributed by atoms with Crippen LogP contribution in [0.4, 0.5) is 4.79 Å². The molecule has 0 atom stereocenters. The van der Waals surface area contributed by atoms with Gasteiger partial charge in [0, 0.05) is 39.6 Å². The number of carbonyl (C=O) groups excluding carboxylic acids is 2. The molecular weight excluding hydrogens is 376 g/mol. The lowest BCUT2D eigenvalue weighted by molar-refractivity contribution is -0.121. The van der Waals surface area contributed by atoms with E-state index in [2.05, 4.69) is 33.7 Å². The molecule has 1 saturated heterocycles. The van der Waals surface area contributed by atoms with Crippen LogP contribution in [0.5, 0.6) is 0 Å². The van der Waals surface area contributed by atoms with Crippen molar-refractivity contribution in [1.82, 2.24) is 20.4 Å². The minimum absolute atomic E-state index is 0.0583. The normalized spacial score (nSPS) is 13.8. The van der Waals surface area contributed by atoms with Crippen LogP contribution in [0.3, 0.4) is 0 Å². The summed E-state index contributed by atoms with van der Waals surface area (Å²) in [5.74, 6) is -0.0583. The first kappa shape index (κ1) is 21.8. The van der Waals surface area contributed by atoms with Gasteiger partial charge in [-0.2, -0.15) is 0 Å². The van der Waals surface area contributed by atoms with Crippen LogP contribution in [0.2, 0.25) is 0 Å². The summed E-state index contributed by atoms with van der Waals surface area (Å²) in [6, 6.07) is 17.9. The Morgan fingerprint density at radius 1 is 0.933 bits per heavy atom. The fourth-order valence-corrected chi connectivity index (χ4v) is 3.70. The third-order valence-electron chi connectivity index (χ3n) is 5.42. The molecule has 30 heavy (non-hydrogen) atoms. The van der Waals surface area contributed by atoms with Gasteiger partial charge in [-0.1, -0.05) is 54.6 Å². The Kier molecular flexibility index (Phi) is 8.27. The van der Waals surface area contributed by atoms with Gasteiger partial charge in [-0.05, 0) is 42.6 Å². The highest BCUT2D eigenvalue weighted by Gasteiger charge is 2.14. The molecule has 1 heterocycles. The van der Waals surface area contributed by atoms with Crippen LogP contribution in [0.1, 0.15) is 36.0 Å². The highest BCUT2D eigenvalue weighted by molar-refractivity contribution is 5.78. The van der Waals surface area contributed by atoms with Crippen LogP contribution in [0.15, 0.2) is 54.6 Å². The number of hydrogen-bond donors (Lipinski definition) is 2. The molecule has 1 fully saturated rings. The third-order valence-corrected chi connectivity index (χ3v) is 5.42. The van der Waals surface area contributed by atoms with Crippen LogP contribution >= 0.6 is 0 Å². The predicted octanol–water partition coefficient (Wildman–Crippen LogP) is 3.13. The van der Waals surface area contributed by atoms with Crippen molar-refractivity contribution in [1.29, 1.82) is 0 Å². The lowest BCUT2D eigenvalue weighted by Crippen LogP contribution is -2.38. The van der Waals surface area contributed by atoms with Gasteiger partial charge in [0.1, 0.15) is 0 Å². The largest absolute Gasteiger partial charge is 0.352 e. The van der Waals surface area contributed by atoms with Crippen molar-refractivity contribution in [3.05, 3.63) is 71.3 Å². The molecule has 2 aromatic carbocycles. The molecule has 3 amide bonds. The second kappa shape index (κ2) is 11.4. The van der Waals surface area contributed by atoms with Crippen molar-refractivity contribution in [2.24, 2.45) is 0 Å². The van der Waals surface area contributed by atoms with E-state index in [0.717, 1.165) is 30.8 Å². The summed E-state index contributed by atoms with van der Waals surface area (Å²) in [5.41, 5.74) is 3.50. The first-order chi connectivity index (χ1) is 14.6. The highest BCUT2D eigenvalue weighted by Crippen LogP contribution is 2.16. The van der Waals surface area contributed by atoms with Crippen LogP contribution < -0.4 is 10.6 Å². The molecule has 0 spiro atoms. The Labute approximate surface area is 179 Å². The van der Waals surface area contributed by atoms with Gasteiger partial charge < -0.3 is 15.5 Å². The molecule has 0 aromatic heterocycles. The second-order valence-electron chi connectivity index (χ2n) is 7.85. The standard InChI is InChI=1S/C24H32N4O2/c1-27(18-20-9-3-2-4-10-20)24(30)25-14-13-23(29)26-17-21-11-5-6-12-22(21)19-28-15-7-8-16-28/h2-6,9-12H,7-8,13-19H2,1H3,(H,25,30)(H,26,29). The smallest absolute Gasteiger partial charge is 0.317 e. The molecule has 6 nitrogen and oxygen atoms in total. The quantitative estimate of drug-likeness (QED) is 0.670. The molecule has 1 aliphatic heterocycles. The Morgan fingerprint density at radius 3 is 2.33 bits per heavy atom. The van der Waals surface area contributed by atoms with Gasteiger partial charge in [0.2, 0.25) is 5.91 Å². The van der Waals surface area contributed by atoms with Crippen LogP contribution in [0.25, 0.3) is 0 Å². The molecular formula is C24H32N4O2. The van der Waals surface area contributed by atoms with E-state index < -0.39 is 0 Å². The van der Waals surface area contributed by atoms with Crippen molar-refractivity contribution in [2.75, 3.05) is 26.7 Å². The number of benzene rings is 2. The van der Waals surface area contributed by atoms with Crippen molar-refractivity contribution < 1.29 is 9.59 Å². The minimum atomic E-state index is -0.178. The zero-order chi connectivity index (χ0) is 21.2. The van der Waals surface area contributed by atoms with E-state index >= 15 is 0 Å². The Balaban J connectivity index is 1.37. The number of nitrogens with one attached hydrogen (secondary N) is 2. The topological polar surface area (TPSA) is 64.7 Å². The summed E-state index contributed by atoms with van der Waals surface area (Å²) in [6.07, 6.45) is 2.80. The fourth-order valence-electron chi connectivity index (χ4n) is 3.70. The third kappa shape index (κ3) is 6.88. The van der Waals surface area contributed by atoms with E-state index in [0.29, 0.717) is 19.6 Å². The number of hydrogen-bond acceptors (Lipinski definition) is 3. The Morgan fingerprint density at radius 2 is 1.60 bits per heavy atom. The van der Waals surface area contributed by atoms with Gasteiger partial charge in [-0.3, -0.25) is 9.69 Å². The van der Waals surface area contributed by atoms with Crippen molar-refractivity contribution in [2.45, 2.75) is 38.9 Å². The average Bonchev–Trinajstić information content (AvgIpc) is 3.27. The molecule has 0 bridgehead atoms. The van der Waals surface area contributed by atoms with Crippen LogP contribution in [0, 0.1) is 0 Å². The van der Waals surface area contributed by atoms with Crippen molar-refractivity contribution >= 4 is 11.9 Å². The summed E-state index contributed by atoms with van der Waals surface area (Å²) in [5, 5.41) is 5.80. The van der Waals surface area contributed by atoms with Gasteiger partial charge >= 0.3 is 6.03 Å². The zero-order valence-electron chi connectivity index (χ0n) is 17.8. The molecule has 0 aliphatic carbocycles. The highest BCUT2D eigenvalue weighted by atomic mass is 16.2. The molecule has 0 radical (unpaired) electrons. The Bertz CT molecular complexity index is 819. The summed E-state index contributed by atoms with van der Waals surface area (Å²) in [4.78, 5) is 28.5. The maximum Gasteiger partial charge on any atom is 0.317 e. The fraction of sp³-hybridized carbons (Fsp3) is 0.417. The van der Waals surface area contributed by atoms with Gasteiger partial charge in [0.25, 0.3) is 0 Å². The SMILES string of the molecule is CN(Cc1ccccc1)C(=O)NCCC(=O)NCc1ccccc1CN1CCCC1. The first-order valence-electron chi connectivity index (χ1n) is 10.7. The van der Waals surface area contributed by atoms with Gasteiger partial charge in [0.15, 0.2) is 0 Å². The number of amides is 3. The van der Waals surface area contributed by atoms with E-state index in [9.17, 15) is 9.59 Å². The lowest BCUT2D eigenvalue weighted by atomic mass is 10.1. The van der Waals surface area contributed by atoms with E-state index in [-0.39, 0.29) is 18.4 Å². The van der Waals surface area contributed by atoms with E-state index in [1.165, 1.54) is 18.4 Å². The first-order valence-corrected chi connectivity index (χ1v) is 10.7.